The number of hydrogen-bond acceptors (Lipinski definition) is 4. The Balaban J connectivity index is 1.74. The largest absolute Gasteiger partial charge is 0.382 e. The first-order valence-electron chi connectivity index (χ1n) is 7.31. The van der Waals surface area contributed by atoms with Crippen LogP contribution in [-0.2, 0) is 14.2 Å². The summed E-state index contributed by atoms with van der Waals surface area (Å²) >= 11 is 0. The van der Waals surface area contributed by atoms with Gasteiger partial charge in [0, 0.05) is 38.9 Å². The molecule has 2 heterocycles. The van der Waals surface area contributed by atoms with Crippen molar-refractivity contribution in [2.75, 3.05) is 33.0 Å². The van der Waals surface area contributed by atoms with E-state index in [0.717, 1.165) is 65.1 Å². The van der Waals surface area contributed by atoms with Gasteiger partial charge in [-0.05, 0) is 38.5 Å². The lowest BCUT2D eigenvalue weighted by Gasteiger charge is -2.39. The highest BCUT2D eigenvalue weighted by Gasteiger charge is 2.42. The van der Waals surface area contributed by atoms with E-state index in [1.165, 1.54) is 0 Å². The maximum absolute atomic E-state index is 6.33. The van der Waals surface area contributed by atoms with Gasteiger partial charge in [0.25, 0.3) is 0 Å². The highest BCUT2D eigenvalue weighted by atomic mass is 16.6. The van der Waals surface area contributed by atoms with Gasteiger partial charge >= 0.3 is 0 Å². The fourth-order valence-corrected chi connectivity index (χ4v) is 3.10. The van der Waals surface area contributed by atoms with E-state index in [0.29, 0.717) is 5.92 Å². The second-order valence-corrected chi connectivity index (χ2v) is 5.59. The Morgan fingerprint density at radius 3 is 3.06 bits per heavy atom. The van der Waals surface area contributed by atoms with E-state index in [9.17, 15) is 0 Å². The lowest BCUT2D eigenvalue weighted by Crippen LogP contribution is -2.45. The first-order chi connectivity index (χ1) is 8.76. The van der Waals surface area contributed by atoms with Crippen LogP contribution in [-0.4, -0.2) is 44.7 Å². The molecule has 0 bridgehead atoms. The van der Waals surface area contributed by atoms with Gasteiger partial charge in [-0.2, -0.15) is 0 Å². The molecule has 0 saturated carbocycles. The van der Waals surface area contributed by atoms with Gasteiger partial charge in [-0.1, -0.05) is 0 Å². The molecule has 106 valence electrons. The fourth-order valence-electron chi connectivity index (χ4n) is 3.10. The molecule has 0 aromatic rings. The highest BCUT2D eigenvalue weighted by molar-refractivity contribution is 4.92. The van der Waals surface area contributed by atoms with Crippen LogP contribution < -0.4 is 5.73 Å². The Bertz CT molecular complexity index is 241. The normalized spacial score (nSPS) is 34.0. The minimum atomic E-state index is -0.0134. The Morgan fingerprint density at radius 2 is 2.33 bits per heavy atom. The molecule has 2 aliphatic heterocycles. The fraction of sp³-hybridized carbons (Fsp3) is 1.00. The lowest BCUT2D eigenvalue weighted by atomic mass is 9.80. The topological polar surface area (TPSA) is 53.7 Å². The molecule has 2 N–H and O–H groups in total. The van der Waals surface area contributed by atoms with Crippen LogP contribution in [0.25, 0.3) is 0 Å². The van der Waals surface area contributed by atoms with E-state index < -0.39 is 0 Å². The van der Waals surface area contributed by atoms with Crippen LogP contribution in [0.4, 0.5) is 0 Å². The summed E-state index contributed by atoms with van der Waals surface area (Å²) in [5.74, 6) is 0.585. The van der Waals surface area contributed by atoms with Crippen molar-refractivity contribution in [2.24, 2.45) is 11.7 Å². The van der Waals surface area contributed by atoms with Crippen LogP contribution in [0.3, 0.4) is 0 Å². The summed E-state index contributed by atoms with van der Waals surface area (Å²) in [4.78, 5) is 0. The monoisotopic (exact) mass is 257 g/mol. The zero-order chi connectivity index (χ0) is 12.8. The summed E-state index contributed by atoms with van der Waals surface area (Å²) in [6.45, 7) is 6.10. The zero-order valence-electron chi connectivity index (χ0n) is 11.5. The van der Waals surface area contributed by atoms with Crippen LogP contribution in [0.2, 0.25) is 0 Å². The third-order valence-electron chi connectivity index (χ3n) is 4.23. The molecule has 4 nitrogen and oxygen atoms in total. The summed E-state index contributed by atoms with van der Waals surface area (Å²) in [6, 6.07) is 0.284. The first kappa shape index (κ1) is 14.3. The first-order valence-corrected chi connectivity index (χ1v) is 7.31. The van der Waals surface area contributed by atoms with Crippen LogP contribution in [0, 0.1) is 5.92 Å². The van der Waals surface area contributed by atoms with Crippen LogP contribution in [0.1, 0.15) is 39.0 Å². The molecule has 3 atom stereocenters. The van der Waals surface area contributed by atoms with Crippen molar-refractivity contribution in [3.05, 3.63) is 0 Å². The van der Waals surface area contributed by atoms with Gasteiger partial charge in [0.2, 0.25) is 0 Å². The number of nitrogens with two attached hydrogens (primary N) is 1. The van der Waals surface area contributed by atoms with Crippen molar-refractivity contribution in [2.45, 2.75) is 50.7 Å². The molecule has 0 aliphatic carbocycles. The molecule has 2 rings (SSSR count). The van der Waals surface area contributed by atoms with E-state index >= 15 is 0 Å². The Labute approximate surface area is 110 Å². The van der Waals surface area contributed by atoms with Gasteiger partial charge in [0.05, 0.1) is 12.2 Å². The van der Waals surface area contributed by atoms with Crippen molar-refractivity contribution < 1.29 is 14.2 Å². The molecule has 2 fully saturated rings. The predicted octanol–water partition coefficient (Wildman–Crippen LogP) is 1.72. The summed E-state index contributed by atoms with van der Waals surface area (Å²) in [7, 11) is 0. The maximum Gasteiger partial charge on any atom is 0.0939 e. The molecule has 2 aliphatic rings. The minimum absolute atomic E-state index is 0.0134. The van der Waals surface area contributed by atoms with Gasteiger partial charge in [-0.25, -0.2) is 0 Å². The summed E-state index contributed by atoms with van der Waals surface area (Å²) in [6.07, 6.45) is 5.33. The molecular formula is C14H27NO3. The minimum Gasteiger partial charge on any atom is -0.382 e. The molecule has 0 radical (unpaired) electrons. The lowest BCUT2D eigenvalue weighted by molar-refractivity contribution is -0.102. The predicted molar refractivity (Wildman–Crippen MR) is 70.5 cm³/mol. The van der Waals surface area contributed by atoms with Crippen LogP contribution >= 0.6 is 0 Å². The van der Waals surface area contributed by atoms with E-state index in [2.05, 4.69) is 0 Å². The maximum atomic E-state index is 6.33. The molecule has 18 heavy (non-hydrogen) atoms. The molecule has 0 amide bonds. The van der Waals surface area contributed by atoms with E-state index in [-0.39, 0.29) is 11.6 Å². The van der Waals surface area contributed by atoms with E-state index in [4.69, 9.17) is 19.9 Å². The Kier molecular flexibility index (Phi) is 5.42. The van der Waals surface area contributed by atoms with Crippen molar-refractivity contribution in [3.63, 3.8) is 0 Å². The summed E-state index contributed by atoms with van der Waals surface area (Å²) in [5, 5.41) is 0. The van der Waals surface area contributed by atoms with Gasteiger partial charge in [-0.3, -0.25) is 0 Å². The van der Waals surface area contributed by atoms with E-state index in [1.54, 1.807) is 0 Å². The number of ether oxygens (including phenoxy) is 3. The molecule has 2 saturated heterocycles. The number of rotatable bonds is 6. The standard InChI is InChI=1S/C14H27NO3/c1-2-16-7-3-4-13(15)12-5-8-18-14(10-12)6-9-17-11-14/h12-13H,2-11,15H2,1H3. The third-order valence-corrected chi connectivity index (χ3v) is 4.23. The average Bonchev–Trinajstić information content (AvgIpc) is 2.82. The molecular weight excluding hydrogens is 230 g/mol. The van der Waals surface area contributed by atoms with Crippen molar-refractivity contribution >= 4 is 0 Å². The summed E-state index contributed by atoms with van der Waals surface area (Å²) in [5.41, 5.74) is 6.32. The second kappa shape index (κ2) is 6.85. The Hall–Kier alpha value is -0.160. The zero-order valence-corrected chi connectivity index (χ0v) is 11.5. The van der Waals surface area contributed by atoms with Gasteiger partial charge in [-0.15, -0.1) is 0 Å². The van der Waals surface area contributed by atoms with Crippen LogP contribution in [0.5, 0.6) is 0 Å². The molecule has 4 heteroatoms. The van der Waals surface area contributed by atoms with Gasteiger partial charge < -0.3 is 19.9 Å². The molecule has 0 aromatic heterocycles. The van der Waals surface area contributed by atoms with Gasteiger partial charge in [0.1, 0.15) is 0 Å². The Morgan fingerprint density at radius 1 is 1.44 bits per heavy atom. The van der Waals surface area contributed by atoms with Crippen molar-refractivity contribution in [3.8, 4) is 0 Å². The summed E-state index contributed by atoms with van der Waals surface area (Å²) < 4.78 is 16.8. The smallest absolute Gasteiger partial charge is 0.0939 e. The van der Waals surface area contributed by atoms with E-state index in [1.807, 2.05) is 6.92 Å². The highest BCUT2D eigenvalue weighted by Crippen LogP contribution is 2.37. The van der Waals surface area contributed by atoms with Crippen molar-refractivity contribution in [1.82, 2.24) is 0 Å². The van der Waals surface area contributed by atoms with Crippen molar-refractivity contribution in [1.29, 1.82) is 0 Å². The molecule has 3 unspecified atom stereocenters. The molecule has 1 spiro atoms. The second-order valence-electron chi connectivity index (χ2n) is 5.59. The SMILES string of the molecule is CCOCCCC(N)C1CCOC2(CCOC2)C1. The number of hydrogen-bond donors (Lipinski definition) is 1. The molecule has 0 aromatic carbocycles. The third kappa shape index (κ3) is 3.67. The van der Waals surface area contributed by atoms with Gasteiger partial charge in [0.15, 0.2) is 0 Å². The quantitative estimate of drug-likeness (QED) is 0.736. The van der Waals surface area contributed by atoms with Crippen LogP contribution in [0.15, 0.2) is 0 Å². The average molecular weight is 257 g/mol.